The average molecular weight is 460 g/mol. The zero-order valence-corrected chi connectivity index (χ0v) is 19.5. The Kier molecular flexibility index (Phi) is 9.84. The molecule has 33 heavy (non-hydrogen) atoms. The molecule has 180 valence electrons. The Bertz CT molecular complexity index is 940. The molecule has 0 saturated carbocycles. The highest BCUT2D eigenvalue weighted by Gasteiger charge is 2.37. The number of esters is 1. The maximum Gasteiger partial charge on any atom is 0.309 e. The third-order valence-electron chi connectivity index (χ3n) is 5.41. The van der Waals surface area contributed by atoms with Crippen molar-refractivity contribution in [2.24, 2.45) is 11.8 Å². The largest absolute Gasteiger partial charge is 0.550 e. The summed E-state index contributed by atoms with van der Waals surface area (Å²) in [5, 5.41) is 19.2. The van der Waals surface area contributed by atoms with Gasteiger partial charge in [0.25, 0.3) is 0 Å². The Hall–Kier alpha value is -3.42. The van der Waals surface area contributed by atoms with Crippen molar-refractivity contribution in [2.75, 3.05) is 27.9 Å². The lowest BCUT2D eigenvalue weighted by Crippen LogP contribution is -2.20. The van der Waals surface area contributed by atoms with Gasteiger partial charge in [-0.15, -0.1) is 0 Å². The molecule has 0 unspecified atom stereocenters. The lowest BCUT2D eigenvalue weighted by Gasteiger charge is -2.17. The van der Waals surface area contributed by atoms with E-state index in [4.69, 9.17) is 18.9 Å². The van der Waals surface area contributed by atoms with Gasteiger partial charge in [-0.1, -0.05) is 25.5 Å². The number of benzene rings is 2. The molecule has 1 N–H and O–H groups in total. The third-order valence-corrected chi connectivity index (χ3v) is 5.41. The number of aliphatic carboxylic acids is 1. The Morgan fingerprint density at radius 1 is 1.00 bits per heavy atom. The number of phenols is 1. The van der Waals surface area contributed by atoms with Crippen LogP contribution in [0.4, 0.5) is 0 Å². The second-order valence-electron chi connectivity index (χ2n) is 7.72. The van der Waals surface area contributed by atoms with Gasteiger partial charge in [0.1, 0.15) is 0 Å². The van der Waals surface area contributed by atoms with E-state index in [0.29, 0.717) is 43.1 Å². The molecule has 2 atom stereocenters. The molecule has 2 aromatic rings. The fraction of sp³-hybridized carbons (Fsp3) is 0.440. The maximum atomic E-state index is 12.3. The van der Waals surface area contributed by atoms with E-state index in [9.17, 15) is 19.8 Å². The quantitative estimate of drug-likeness (QED) is 0.569. The average Bonchev–Trinajstić information content (AvgIpc) is 3.14. The normalized spacial score (nSPS) is 16.9. The van der Waals surface area contributed by atoms with E-state index in [1.807, 2.05) is 18.2 Å². The summed E-state index contributed by atoms with van der Waals surface area (Å²) in [5.74, 6) is 0.494. The lowest BCUT2D eigenvalue weighted by molar-refractivity contribution is -0.305. The summed E-state index contributed by atoms with van der Waals surface area (Å²) in [5.41, 5.74) is 1.98. The number of carbonyl (C=O) groups is 2. The van der Waals surface area contributed by atoms with E-state index in [2.05, 4.69) is 0 Å². The molecular formula is C25H31O8-. The van der Waals surface area contributed by atoms with Crippen LogP contribution in [-0.2, 0) is 27.2 Å². The van der Waals surface area contributed by atoms with Gasteiger partial charge in [-0.2, -0.15) is 0 Å². The molecule has 1 aliphatic heterocycles. The van der Waals surface area contributed by atoms with Crippen LogP contribution < -0.4 is 19.3 Å². The number of phenolic OH excluding ortho intramolecular Hbond substituents is 1. The minimum Gasteiger partial charge on any atom is -0.550 e. The van der Waals surface area contributed by atoms with Gasteiger partial charge in [-0.3, -0.25) is 4.79 Å². The molecule has 0 radical (unpaired) electrons. The maximum absolute atomic E-state index is 12.3. The number of ether oxygens (including phenoxy) is 4. The van der Waals surface area contributed by atoms with E-state index < -0.39 is 5.97 Å². The number of hydrogen-bond acceptors (Lipinski definition) is 8. The van der Waals surface area contributed by atoms with Crippen molar-refractivity contribution in [3.63, 3.8) is 0 Å². The van der Waals surface area contributed by atoms with Crippen molar-refractivity contribution in [1.29, 1.82) is 0 Å². The number of carbonyl (C=O) groups excluding carboxylic acids is 2. The van der Waals surface area contributed by atoms with Crippen molar-refractivity contribution in [3.05, 3.63) is 47.5 Å². The zero-order valence-electron chi connectivity index (χ0n) is 19.5. The standard InChI is InChI=1S/C21H24O6.C4H8O2/c1-24-18-7-5-13(11-20(18)26-3)8-15-12-27-21(23)16(15)9-14-4-6-17(22)19(10-14)25-2;1-2-3-4(5)6/h4-7,10-11,15-16,22H,8-9,12H2,1-3H3;2-3H2,1H3,(H,5,6)/p-1/t15-,16+;/m0./s1. The fourth-order valence-corrected chi connectivity index (χ4v) is 3.67. The molecule has 3 rings (SSSR count). The highest BCUT2D eigenvalue weighted by molar-refractivity contribution is 5.75. The minimum atomic E-state index is -0.961. The molecule has 1 aliphatic rings. The first-order valence-corrected chi connectivity index (χ1v) is 10.8. The molecule has 2 aromatic carbocycles. The monoisotopic (exact) mass is 459 g/mol. The molecule has 0 spiro atoms. The Morgan fingerprint density at radius 2 is 1.61 bits per heavy atom. The van der Waals surface area contributed by atoms with Crippen molar-refractivity contribution >= 4 is 11.9 Å². The summed E-state index contributed by atoms with van der Waals surface area (Å²) in [4.78, 5) is 21.8. The van der Waals surface area contributed by atoms with Gasteiger partial charge in [-0.25, -0.2) is 0 Å². The molecule has 1 saturated heterocycles. The van der Waals surface area contributed by atoms with Crippen LogP contribution in [0.2, 0.25) is 0 Å². The lowest BCUT2D eigenvalue weighted by atomic mass is 9.85. The Balaban J connectivity index is 0.000000569. The van der Waals surface area contributed by atoms with Crippen LogP contribution >= 0.6 is 0 Å². The number of methoxy groups -OCH3 is 3. The predicted molar refractivity (Wildman–Crippen MR) is 119 cm³/mol. The van der Waals surface area contributed by atoms with E-state index >= 15 is 0 Å². The smallest absolute Gasteiger partial charge is 0.309 e. The second-order valence-corrected chi connectivity index (χ2v) is 7.72. The fourth-order valence-electron chi connectivity index (χ4n) is 3.67. The van der Waals surface area contributed by atoms with E-state index in [0.717, 1.165) is 11.1 Å². The number of rotatable bonds is 9. The van der Waals surface area contributed by atoms with Crippen LogP contribution in [0.1, 0.15) is 30.9 Å². The SMILES string of the molecule is CCCC(=O)[O-].COc1cc(C[C@H]2C(=O)OC[C@@H]2Cc2ccc(OC)c(OC)c2)ccc1O. The zero-order chi connectivity index (χ0) is 24.4. The van der Waals surface area contributed by atoms with Crippen LogP contribution in [0.5, 0.6) is 23.0 Å². The minimum absolute atomic E-state index is 0.0652. The summed E-state index contributed by atoms with van der Waals surface area (Å²) in [6.45, 7) is 2.20. The topological polar surface area (TPSA) is 114 Å². The second kappa shape index (κ2) is 12.6. The molecule has 1 fully saturated rings. The predicted octanol–water partition coefficient (Wildman–Crippen LogP) is 2.53. The first-order chi connectivity index (χ1) is 15.8. The first-order valence-electron chi connectivity index (χ1n) is 10.8. The van der Waals surface area contributed by atoms with Crippen LogP contribution in [0.15, 0.2) is 36.4 Å². The van der Waals surface area contributed by atoms with Crippen LogP contribution in [0, 0.1) is 11.8 Å². The molecule has 1 heterocycles. The van der Waals surface area contributed by atoms with Crippen LogP contribution in [0.3, 0.4) is 0 Å². The van der Waals surface area contributed by atoms with Gasteiger partial charge in [0.15, 0.2) is 23.0 Å². The number of hydrogen-bond donors (Lipinski definition) is 1. The van der Waals surface area contributed by atoms with Gasteiger partial charge in [0, 0.05) is 11.9 Å². The van der Waals surface area contributed by atoms with Gasteiger partial charge >= 0.3 is 5.97 Å². The molecule has 8 heteroatoms. The number of carboxylic acids is 1. The van der Waals surface area contributed by atoms with Crippen molar-refractivity contribution < 1.29 is 38.7 Å². The molecular weight excluding hydrogens is 428 g/mol. The third kappa shape index (κ3) is 7.30. The van der Waals surface area contributed by atoms with Crippen LogP contribution in [0.25, 0.3) is 0 Å². The van der Waals surface area contributed by atoms with E-state index in [1.165, 1.54) is 7.11 Å². The number of aromatic hydroxyl groups is 1. The van der Waals surface area contributed by atoms with Crippen LogP contribution in [-0.4, -0.2) is 45.0 Å². The van der Waals surface area contributed by atoms with Gasteiger partial charge in [0.2, 0.25) is 0 Å². The molecule has 0 bridgehead atoms. The molecule has 8 nitrogen and oxygen atoms in total. The van der Waals surface area contributed by atoms with Gasteiger partial charge in [-0.05, 0) is 54.7 Å². The van der Waals surface area contributed by atoms with Gasteiger partial charge < -0.3 is 34.0 Å². The summed E-state index contributed by atoms with van der Waals surface area (Å²) < 4.78 is 21.1. The van der Waals surface area contributed by atoms with Crippen molar-refractivity contribution in [3.8, 4) is 23.0 Å². The van der Waals surface area contributed by atoms with Crippen molar-refractivity contribution in [2.45, 2.75) is 32.6 Å². The van der Waals surface area contributed by atoms with E-state index in [-0.39, 0.29) is 30.0 Å². The highest BCUT2D eigenvalue weighted by atomic mass is 16.5. The summed E-state index contributed by atoms with van der Waals surface area (Å²) in [6.07, 6.45) is 2.09. The molecule has 0 amide bonds. The Labute approximate surface area is 194 Å². The number of carboxylic acid groups (broad SMARTS) is 1. The molecule has 0 aliphatic carbocycles. The van der Waals surface area contributed by atoms with Crippen molar-refractivity contribution in [1.82, 2.24) is 0 Å². The summed E-state index contributed by atoms with van der Waals surface area (Å²) in [6, 6.07) is 10.9. The first kappa shape index (κ1) is 25.8. The Morgan fingerprint density at radius 3 is 2.18 bits per heavy atom. The summed E-state index contributed by atoms with van der Waals surface area (Å²) >= 11 is 0. The molecule has 0 aromatic heterocycles. The van der Waals surface area contributed by atoms with E-state index in [1.54, 1.807) is 39.3 Å². The summed E-state index contributed by atoms with van der Waals surface area (Å²) in [7, 11) is 4.70. The number of cyclic esters (lactones) is 1. The van der Waals surface area contributed by atoms with Gasteiger partial charge in [0.05, 0.1) is 33.9 Å². The highest BCUT2D eigenvalue weighted by Crippen LogP contribution is 2.34.